The Bertz CT molecular complexity index is 975. The molecule has 0 bridgehead atoms. The van der Waals surface area contributed by atoms with Gasteiger partial charge in [-0.1, -0.05) is 50.1 Å². The zero-order chi connectivity index (χ0) is 22.2. The Morgan fingerprint density at radius 2 is 2.03 bits per heavy atom. The molecule has 0 aromatic carbocycles. The molecule has 0 unspecified atom stereocenters. The lowest BCUT2D eigenvalue weighted by molar-refractivity contribution is -0.119. The van der Waals surface area contributed by atoms with Gasteiger partial charge in [0.15, 0.2) is 0 Å². The number of hydrogen-bond acceptors (Lipinski definition) is 5. The summed E-state index contributed by atoms with van der Waals surface area (Å²) in [5, 5.41) is 7.92. The normalized spacial score (nSPS) is 16.3. The van der Waals surface area contributed by atoms with Crippen LogP contribution in [0.3, 0.4) is 0 Å². The number of carbonyl (C=O) groups excluding carboxylic acids is 1. The fourth-order valence-corrected chi connectivity index (χ4v) is 5.50. The van der Waals surface area contributed by atoms with E-state index in [1.165, 1.54) is 67.1 Å². The van der Waals surface area contributed by atoms with Crippen molar-refractivity contribution in [3.05, 3.63) is 52.7 Å². The number of hydrogen-bond donors (Lipinski definition) is 2. The summed E-state index contributed by atoms with van der Waals surface area (Å²) in [4.78, 5) is 22.6. The minimum absolute atomic E-state index is 0.0703. The lowest BCUT2D eigenvalue weighted by atomic mass is 9.95. The van der Waals surface area contributed by atoms with Crippen LogP contribution in [0.5, 0.6) is 0 Å². The first-order valence-corrected chi connectivity index (χ1v) is 12.1. The van der Waals surface area contributed by atoms with Gasteiger partial charge in [-0.2, -0.15) is 0 Å². The number of nitrogens with one attached hydrogen (secondary N) is 2. The summed E-state index contributed by atoms with van der Waals surface area (Å²) in [5.41, 5.74) is 2.29. The lowest BCUT2D eigenvalue weighted by Crippen LogP contribution is -2.23. The predicted octanol–water partition coefficient (Wildman–Crippen LogP) is 5.91. The van der Waals surface area contributed by atoms with Crippen LogP contribution in [0, 0.1) is 0 Å². The number of halogens is 1. The summed E-state index contributed by atoms with van der Waals surface area (Å²) in [6, 6.07) is 0.615. The number of thiophene rings is 1. The van der Waals surface area contributed by atoms with Gasteiger partial charge in [0.05, 0.1) is 11.8 Å². The highest BCUT2D eigenvalue weighted by molar-refractivity contribution is 7.19. The zero-order valence-electron chi connectivity index (χ0n) is 18.2. The highest BCUT2D eigenvalue weighted by atomic mass is 35.5. The molecule has 5 nitrogen and oxygen atoms in total. The van der Waals surface area contributed by atoms with Gasteiger partial charge in [-0.15, -0.1) is 11.3 Å². The highest BCUT2D eigenvalue weighted by Gasteiger charge is 2.22. The standard InChI is InChI=1S/C15H19N3S.C9H12ClNO/c1-2-5-10(6-3-1)18-14-13-11-7-4-8-12(11)19-15(13)17-9-16-14;1-4-8(5-7(2)10)6-9(12)11-3/h9-10H,1-8H2,(H,16,17,18);4-5H,1-2,6H2,3H3,(H,11,12)/b;8-5+. The molecule has 1 amide bonds. The van der Waals surface area contributed by atoms with Gasteiger partial charge in [-0.05, 0) is 49.3 Å². The average molecular weight is 459 g/mol. The van der Waals surface area contributed by atoms with E-state index in [-0.39, 0.29) is 12.3 Å². The number of anilines is 1. The molecule has 4 rings (SSSR count). The van der Waals surface area contributed by atoms with E-state index >= 15 is 0 Å². The summed E-state index contributed by atoms with van der Waals surface area (Å²) in [6.07, 6.45) is 15.6. The third-order valence-electron chi connectivity index (χ3n) is 5.70. The number of carbonyl (C=O) groups is 1. The monoisotopic (exact) mass is 458 g/mol. The molecule has 2 N–H and O–H groups in total. The Hall–Kier alpha value is -2.18. The van der Waals surface area contributed by atoms with Crippen molar-refractivity contribution in [2.75, 3.05) is 12.4 Å². The average Bonchev–Trinajstić information content (AvgIpc) is 3.35. The minimum atomic E-state index is -0.0703. The van der Waals surface area contributed by atoms with E-state index in [4.69, 9.17) is 11.6 Å². The number of fused-ring (bicyclic) bond motifs is 3. The van der Waals surface area contributed by atoms with Crippen molar-refractivity contribution in [1.82, 2.24) is 15.3 Å². The third-order valence-corrected chi connectivity index (χ3v) is 7.00. The molecular weight excluding hydrogens is 428 g/mol. The summed E-state index contributed by atoms with van der Waals surface area (Å²) in [6.45, 7) is 7.04. The van der Waals surface area contributed by atoms with Gasteiger partial charge in [0, 0.05) is 23.0 Å². The predicted molar refractivity (Wildman–Crippen MR) is 132 cm³/mol. The SMILES string of the molecule is C=C/C(=C\C(=C)Cl)CC(=O)NC.c1nc(NC2CCCCC2)c2c3c(sc2n1)CCC3. The molecule has 7 heteroatoms. The second-order valence-electron chi connectivity index (χ2n) is 7.96. The Morgan fingerprint density at radius 1 is 1.26 bits per heavy atom. The molecule has 0 spiro atoms. The van der Waals surface area contributed by atoms with Gasteiger partial charge in [0.2, 0.25) is 5.91 Å². The highest BCUT2D eigenvalue weighted by Crippen LogP contribution is 2.39. The van der Waals surface area contributed by atoms with Gasteiger partial charge in [-0.3, -0.25) is 4.79 Å². The minimum Gasteiger partial charge on any atom is -0.367 e. The maximum Gasteiger partial charge on any atom is 0.224 e. The van der Waals surface area contributed by atoms with Crippen LogP contribution >= 0.6 is 22.9 Å². The van der Waals surface area contributed by atoms with Crippen molar-refractivity contribution in [3.8, 4) is 0 Å². The van der Waals surface area contributed by atoms with Crippen molar-refractivity contribution < 1.29 is 4.79 Å². The first kappa shape index (κ1) is 23.5. The van der Waals surface area contributed by atoms with Crippen molar-refractivity contribution in [2.45, 2.75) is 63.8 Å². The van der Waals surface area contributed by atoms with Gasteiger partial charge in [-0.25, -0.2) is 9.97 Å². The van der Waals surface area contributed by atoms with E-state index in [1.807, 2.05) is 11.3 Å². The molecule has 2 aliphatic rings. The largest absolute Gasteiger partial charge is 0.367 e. The molecule has 0 radical (unpaired) electrons. The van der Waals surface area contributed by atoms with Crippen LogP contribution in [-0.4, -0.2) is 29.0 Å². The van der Waals surface area contributed by atoms with Crippen molar-refractivity contribution in [3.63, 3.8) is 0 Å². The summed E-state index contributed by atoms with van der Waals surface area (Å²) < 4.78 is 0. The Balaban J connectivity index is 0.000000199. The number of aryl methyl sites for hydroxylation is 2. The van der Waals surface area contributed by atoms with Crippen LogP contribution in [0.25, 0.3) is 10.2 Å². The maximum absolute atomic E-state index is 10.9. The quantitative estimate of drug-likeness (QED) is 0.528. The number of amides is 1. The third kappa shape index (κ3) is 6.40. The van der Waals surface area contributed by atoms with E-state index < -0.39 is 0 Å². The molecule has 2 heterocycles. The Labute approximate surface area is 193 Å². The summed E-state index contributed by atoms with van der Waals surface area (Å²) in [7, 11) is 1.58. The van der Waals surface area contributed by atoms with Crippen LogP contribution in [-0.2, 0) is 17.6 Å². The molecule has 0 atom stereocenters. The smallest absolute Gasteiger partial charge is 0.224 e. The Morgan fingerprint density at radius 3 is 2.71 bits per heavy atom. The summed E-state index contributed by atoms with van der Waals surface area (Å²) >= 11 is 7.40. The second kappa shape index (κ2) is 11.4. The number of allylic oxidation sites excluding steroid dienone is 3. The van der Waals surface area contributed by atoms with Crippen LogP contribution in [0.15, 0.2) is 42.2 Å². The molecule has 166 valence electrons. The number of rotatable bonds is 6. The molecule has 31 heavy (non-hydrogen) atoms. The zero-order valence-corrected chi connectivity index (χ0v) is 19.7. The molecule has 0 aliphatic heterocycles. The molecule has 2 aromatic rings. The maximum atomic E-state index is 10.9. The first-order valence-electron chi connectivity index (χ1n) is 10.9. The van der Waals surface area contributed by atoms with Gasteiger partial charge >= 0.3 is 0 Å². The Kier molecular flexibility index (Phi) is 8.67. The second-order valence-corrected chi connectivity index (χ2v) is 9.53. The first-order chi connectivity index (χ1) is 15.0. The van der Waals surface area contributed by atoms with E-state index in [0.717, 1.165) is 11.4 Å². The van der Waals surface area contributed by atoms with E-state index in [0.29, 0.717) is 11.1 Å². The molecule has 1 saturated carbocycles. The molecule has 2 aliphatic carbocycles. The van der Waals surface area contributed by atoms with Crippen LogP contribution in [0.2, 0.25) is 0 Å². The van der Waals surface area contributed by atoms with E-state index in [9.17, 15) is 4.79 Å². The summed E-state index contributed by atoms with van der Waals surface area (Å²) in [5.74, 6) is 1.02. The fourth-order valence-electron chi connectivity index (χ4n) is 4.14. The fraction of sp³-hybridized carbons (Fsp3) is 0.458. The van der Waals surface area contributed by atoms with Gasteiger partial charge in [0.25, 0.3) is 0 Å². The molecule has 2 aromatic heterocycles. The van der Waals surface area contributed by atoms with Crippen molar-refractivity contribution in [1.29, 1.82) is 0 Å². The number of aromatic nitrogens is 2. The molecular formula is C24H31ClN4OS. The van der Waals surface area contributed by atoms with Gasteiger partial charge < -0.3 is 10.6 Å². The molecule has 0 saturated heterocycles. The van der Waals surface area contributed by atoms with Crippen molar-refractivity contribution >= 4 is 44.9 Å². The van der Waals surface area contributed by atoms with E-state index in [2.05, 4.69) is 33.8 Å². The molecule has 1 fully saturated rings. The van der Waals surface area contributed by atoms with E-state index in [1.54, 1.807) is 30.4 Å². The van der Waals surface area contributed by atoms with Crippen LogP contribution in [0.1, 0.15) is 55.4 Å². The number of nitrogens with zero attached hydrogens (tertiary/aromatic N) is 2. The topological polar surface area (TPSA) is 66.9 Å². The lowest BCUT2D eigenvalue weighted by Gasteiger charge is -2.23. The van der Waals surface area contributed by atoms with Crippen LogP contribution in [0.4, 0.5) is 5.82 Å². The van der Waals surface area contributed by atoms with Gasteiger partial charge in [0.1, 0.15) is 17.0 Å². The van der Waals surface area contributed by atoms with Crippen molar-refractivity contribution in [2.24, 2.45) is 0 Å². The van der Waals surface area contributed by atoms with Crippen LogP contribution < -0.4 is 10.6 Å².